The first-order valence-electron chi connectivity index (χ1n) is 4.46. The molecule has 1 saturated carbocycles. The van der Waals surface area contributed by atoms with Gasteiger partial charge in [0.2, 0.25) is 0 Å². The maximum atomic E-state index is 5.88. The fourth-order valence-corrected chi connectivity index (χ4v) is 1.87. The molecule has 4 nitrogen and oxygen atoms in total. The van der Waals surface area contributed by atoms with Gasteiger partial charge in [-0.15, -0.1) is 10.2 Å². The van der Waals surface area contributed by atoms with Gasteiger partial charge < -0.3 is 10.3 Å². The third-order valence-corrected chi connectivity index (χ3v) is 2.55. The number of hydrogen-bond acceptors (Lipinski definition) is 3. The molecule has 2 rings (SSSR count). The minimum Gasteiger partial charge on any atom is -0.328 e. The average molecular weight is 166 g/mol. The van der Waals surface area contributed by atoms with Crippen molar-refractivity contribution in [2.75, 3.05) is 0 Å². The van der Waals surface area contributed by atoms with Crippen LogP contribution >= 0.6 is 0 Å². The van der Waals surface area contributed by atoms with E-state index in [4.69, 9.17) is 5.73 Å². The van der Waals surface area contributed by atoms with E-state index < -0.39 is 0 Å². The van der Waals surface area contributed by atoms with Gasteiger partial charge in [-0.05, 0) is 25.7 Å². The molecule has 1 fully saturated rings. The van der Waals surface area contributed by atoms with Gasteiger partial charge in [0.25, 0.3) is 0 Å². The molecule has 2 unspecified atom stereocenters. The zero-order valence-electron chi connectivity index (χ0n) is 7.06. The summed E-state index contributed by atoms with van der Waals surface area (Å²) < 4.78 is 2.07. The summed E-state index contributed by atoms with van der Waals surface area (Å²) in [6.45, 7) is 0. The van der Waals surface area contributed by atoms with E-state index in [9.17, 15) is 0 Å². The van der Waals surface area contributed by atoms with Crippen LogP contribution in [0.4, 0.5) is 0 Å². The van der Waals surface area contributed by atoms with Crippen LogP contribution in [-0.4, -0.2) is 20.8 Å². The lowest BCUT2D eigenvalue weighted by Crippen LogP contribution is -2.28. The van der Waals surface area contributed by atoms with Gasteiger partial charge in [0.1, 0.15) is 12.7 Å². The Labute approximate surface area is 71.8 Å². The van der Waals surface area contributed by atoms with E-state index in [2.05, 4.69) is 14.8 Å². The Kier molecular flexibility index (Phi) is 2.08. The molecule has 4 heteroatoms. The molecule has 0 amide bonds. The zero-order chi connectivity index (χ0) is 8.39. The van der Waals surface area contributed by atoms with Gasteiger partial charge in [-0.3, -0.25) is 0 Å². The number of rotatable bonds is 1. The largest absolute Gasteiger partial charge is 0.328 e. The van der Waals surface area contributed by atoms with E-state index in [0.29, 0.717) is 12.1 Å². The Hall–Kier alpha value is -0.900. The van der Waals surface area contributed by atoms with Crippen molar-refractivity contribution in [3.05, 3.63) is 12.7 Å². The first-order valence-corrected chi connectivity index (χ1v) is 4.46. The second-order valence-corrected chi connectivity index (χ2v) is 3.49. The molecule has 0 bridgehead atoms. The Morgan fingerprint density at radius 1 is 1.25 bits per heavy atom. The Morgan fingerprint density at radius 3 is 2.67 bits per heavy atom. The molecule has 1 aliphatic carbocycles. The van der Waals surface area contributed by atoms with Crippen molar-refractivity contribution in [3.63, 3.8) is 0 Å². The fraction of sp³-hybridized carbons (Fsp3) is 0.750. The monoisotopic (exact) mass is 166 g/mol. The summed E-state index contributed by atoms with van der Waals surface area (Å²) in [5, 5.41) is 7.59. The van der Waals surface area contributed by atoms with Crippen molar-refractivity contribution in [2.24, 2.45) is 5.73 Å². The van der Waals surface area contributed by atoms with E-state index in [1.807, 2.05) is 0 Å². The Bertz CT molecular complexity index is 231. The molecule has 1 aromatic heterocycles. The topological polar surface area (TPSA) is 56.7 Å². The van der Waals surface area contributed by atoms with Crippen molar-refractivity contribution in [1.29, 1.82) is 0 Å². The van der Waals surface area contributed by atoms with E-state index >= 15 is 0 Å². The lowest BCUT2D eigenvalue weighted by Gasteiger charge is -2.26. The molecule has 1 aromatic rings. The predicted molar refractivity (Wildman–Crippen MR) is 45.5 cm³/mol. The number of hydrogen-bond donors (Lipinski definition) is 1. The molecule has 66 valence electrons. The molecular weight excluding hydrogens is 152 g/mol. The highest BCUT2D eigenvalue weighted by Gasteiger charge is 2.19. The molecule has 0 aliphatic heterocycles. The van der Waals surface area contributed by atoms with Crippen LogP contribution in [0.1, 0.15) is 31.7 Å². The van der Waals surface area contributed by atoms with Gasteiger partial charge in [0.15, 0.2) is 0 Å². The third kappa shape index (κ3) is 1.48. The third-order valence-electron chi connectivity index (χ3n) is 2.55. The molecule has 0 saturated heterocycles. The van der Waals surface area contributed by atoms with Crippen LogP contribution in [0, 0.1) is 0 Å². The van der Waals surface area contributed by atoms with E-state index in [1.165, 1.54) is 19.3 Å². The molecule has 0 spiro atoms. The first kappa shape index (κ1) is 7.73. The lowest BCUT2D eigenvalue weighted by atomic mass is 9.91. The van der Waals surface area contributed by atoms with Gasteiger partial charge in [-0.1, -0.05) is 0 Å². The lowest BCUT2D eigenvalue weighted by molar-refractivity contribution is 0.319. The maximum Gasteiger partial charge on any atom is 0.119 e. The maximum absolute atomic E-state index is 5.88. The van der Waals surface area contributed by atoms with Gasteiger partial charge in [0.05, 0.1) is 0 Å². The number of aromatic nitrogens is 3. The summed E-state index contributed by atoms with van der Waals surface area (Å²) in [4.78, 5) is 0. The summed E-state index contributed by atoms with van der Waals surface area (Å²) in [6, 6.07) is 0.898. The van der Waals surface area contributed by atoms with Gasteiger partial charge in [0, 0.05) is 12.1 Å². The van der Waals surface area contributed by atoms with Crippen LogP contribution in [0.5, 0.6) is 0 Å². The van der Waals surface area contributed by atoms with E-state index in [-0.39, 0.29) is 0 Å². The highest BCUT2D eigenvalue weighted by atomic mass is 15.2. The van der Waals surface area contributed by atoms with Crippen LogP contribution in [0.2, 0.25) is 0 Å². The second-order valence-electron chi connectivity index (χ2n) is 3.49. The molecule has 0 aromatic carbocycles. The highest BCUT2D eigenvalue weighted by Crippen LogP contribution is 2.26. The zero-order valence-corrected chi connectivity index (χ0v) is 7.06. The Morgan fingerprint density at radius 2 is 2.00 bits per heavy atom. The molecule has 0 radical (unpaired) electrons. The highest BCUT2D eigenvalue weighted by molar-refractivity contribution is 4.81. The van der Waals surface area contributed by atoms with Crippen LogP contribution in [0.25, 0.3) is 0 Å². The van der Waals surface area contributed by atoms with E-state index in [1.54, 1.807) is 12.7 Å². The smallest absolute Gasteiger partial charge is 0.119 e. The molecule has 1 heterocycles. The quantitative estimate of drug-likeness (QED) is 0.668. The van der Waals surface area contributed by atoms with Crippen molar-refractivity contribution < 1.29 is 0 Å². The summed E-state index contributed by atoms with van der Waals surface area (Å²) in [6.07, 6.45) is 8.23. The molecule has 12 heavy (non-hydrogen) atoms. The molecule has 1 aliphatic rings. The standard InChI is InChI=1S/C8H14N4/c9-7-2-1-3-8(4-7)12-5-10-11-6-12/h5-8H,1-4,9H2. The summed E-state index contributed by atoms with van der Waals surface area (Å²) in [5.74, 6) is 0. The number of nitrogens with two attached hydrogens (primary N) is 1. The van der Waals surface area contributed by atoms with Gasteiger partial charge >= 0.3 is 0 Å². The predicted octanol–water partition coefficient (Wildman–Crippen LogP) is 0.720. The normalized spacial score (nSPS) is 30.4. The van der Waals surface area contributed by atoms with Crippen molar-refractivity contribution in [2.45, 2.75) is 37.8 Å². The van der Waals surface area contributed by atoms with Crippen molar-refractivity contribution >= 4 is 0 Å². The molecule has 2 N–H and O–H groups in total. The summed E-state index contributed by atoms with van der Waals surface area (Å²) in [7, 11) is 0. The average Bonchev–Trinajstić information content (AvgIpc) is 2.56. The van der Waals surface area contributed by atoms with Crippen molar-refractivity contribution in [3.8, 4) is 0 Å². The van der Waals surface area contributed by atoms with Crippen molar-refractivity contribution in [1.82, 2.24) is 14.8 Å². The van der Waals surface area contributed by atoms with Crippen LogP contribution in [-0.2, 0) is 0 Å². The van der Waals surface area contributed by atoms with Crippen LogP contribution < -0.4 is 5.73 Å². The molecular formula is C8H14N4. The van der Waals surface area contributed by atoms with Gasteiger partial charge in [-0.25, -0.2) is 0 Å². The SMILES string of the molecule is NC1CCCC(n2cnnc2)C1. The first-order chi connectivity index (χ1) is 5.86. The summed E-state index contributed by atoms with van der Waals surface area (Å²) >= 11 is 0. The summed E-state index contributed by atoms with van der Waals surface area (Å²) in [5.41, 5.74) is 5.88. The fourth-order valence-electron chi connectivity index (χ4n) is 1.87. The second kappa shape index (κ2) is 3.23. The van der Waals surface area contributed by atoms with E-state index in [0.717, 1.165) is 6.42 Å². The number of nitrogens with zero attached hydrogens (tertiary/aromatic N) is 3. The Balaban J connectivity index is 2.04. The van der Waals surface area contributed by atoms with Crippen LogP contribution in [0.15, 0.2) is 12.7 Å². The minimum absolute atomic E-state index is 0.367. The van der Waals surface area contributed by atoms with Crippen LogP contribution in [0.3, 0.4) is 0 Å². The van der Waals surface area contributed by atoms with Gasteiger partial charge in [-0.2, -0.15) is 0 Å². The minimum atomic E-state index is 0.367. The molecule has 2 atom stereocenters.